The molecule has 0 heterocycles. The molecule has 0 spiro atoms. The molecular weight excluding hydrogens is 220 g/mol. The quantitative estimate of drug-likeness (QED) is 0.417. The fourth-order valence-electron chi connectivity index (χ4n) is 2.10. The zero-order valence-electron chi connectivity index (χ0n) is 12.1. The number of hydrazine groups is 1. The summed E-state index contributed by atoms with van der Waals surface area (Å²) < 4.78 is 0. The average Bonchev–Trinajstić information content (AvgIpc) is 2.42. The first-order valence-corrected chi connectivity index (χ1v) is 7.28. The van der Waals surface area contributed by atoms with Gasteiger partial charge in [0.1, 0.15) is 0 Å². The molecule has 1 rings (SSSR count). The molecule has 1 aromatic rings. The maximum atomic E-state index is 4.00. The molecule has 0 atom stereocenters. The van der Waals surface area contributed by atoms with Gasteiger partial charge in [0.05, 0.1) is 0 Å². The molecule has 0 aromatic heterocycles. The van der Waals surface area contributed by atoms with E-state index in [-0.39, 0.29) is 0 Å². The van der Waals surface area contributed by atoms with Crippen LogP contribution in [-0.2, 0) is 12.8 Å². The first-order valence-electron chi connectivity index (χ1n) is 7.28. The van der Waals surface area contributed by atoms with Gasteiger partial charge in [-0.2, -0.15) is 0 Å². The molecule has 0 saturated heterocycles. The van der Waals surface area contributed by atoms with E-state index >= 15 is 0 Å². The summed E-state index contributed by atoms with van der Waals surface area (Å²) in [5.41, 5.74) is 3.06. The molecule has 0 amide bonds. The number of unbranched alkanes of at least 4 members (excludes halogenated alkanes) is 4. The molecule has 0 bridgehead atoms. The zero-order valence-corrected chi connectivity index (χ0v) is 12.1. The van der Waals surface area contributed by atoms with Crippen molar-refractivity contribution in [3.05, 3.63) is 35.4 Å². The summed E-state index contributed by atoms with van der Waals surface area (Å²) in [6.45, 7) is 4.53. The highest BCUT2D eigenvalue weighted by atomic mass is 15.0. The normalized spacial score (nSPS) is 9.78. The van der Waals surface area contributed by atoms with Gasteiger partial charge in [-0.05, 0) is 36.8 Å². The van der Waals surface area contributed by atoms with Gasteiger partial charge in [0.25, 0.3) is 0 Å². The lowest BCUT2D eigenvalue weighted by molar-refractivity contribution is 0.708. The molecule has 2 nitrogen and oxygen atoms in total. The Morgan fingerprint density at radius 2 is 1.22 bits per heavy atom. The van der Waals surface area contributed by atoms with E-state index in [4.69, 9.17) is 0 Å². The Labute approximate surface area is 113 Å². The maximum absolute atomic E-state index is 4.00. The van der Waals surface area contributed by atoms with Gasteiger partial charge in [-0.1, -0.05) is 63.8 Å². The van der Waals surface area contributed by atoms with E-state index in [1.54, 1.807) is 0 Å². The predicted octanol–water partition coefficient (Wildman–Crippen LogP) is 3.97. The average molecular weight is 250 g/mol. The first kappa shape index (κ1) is 17.1. The van der Waals surface area contributed by atoms with Gasteiger partial charge < -0.3 is 0 Å². The van der Waals surface area contributed by atoms with Gasteiger partial charge in [0.2, 0.25) is 0 Å². The van der Waals surface area contributed by atoms with Gasteiger partial charge in [-0.3, -0.25) is 11.7 Å². The van der Waals surface area contributed by atoms with Crippen molar-refractivity contribution in [1.29, 1.82) is 0 Å². The second-order valence-corrected chi connectivity index (χ2v) is 4.73. The van der Waals surface area contributed by atoms with Gasteiger partial charge in [0, 0.05) is 0 Å². The third-order valence-corrected chi connectivity index (χ3v) is 3.13. The summed E-state index contributed by atoms with van der Waals surface area (Å²) in [4.78, 5) is 0. The molecule has 0 aliphatic heterocycles. The smallest absolute Gasteiger partial charge is 0.0279 e. The van der Waals surface area contributed by atoms with Crippen molar-refractivity contribution < 1.29 is 0 Å². The first-order chi connectivity index (χ1) is 8.86. The van der Waals surface area contributed by atoms with E-state index in [9.17, 15) is 0 Å². The fourth-order valence-corrected chi connectivity index (χ4v) is 2.10. The molecule has 4 N–H and O–H groups in total. The number of hydrogen-bond donors (Lipinski definition) is 2. The maximum Gasteiger partial charge on any atom is -0.0279 e. The van der Waals surface area contributed by atoms with Gasteiger partial charge in [-0.15, -0.1) is 0 Å². The minimum atomic E-state index is 1.26. The van der Waals surface area contributed by atoms with E-state index in [1.807, 2.05) is 0 Å². The van der Waals surface area contributed by atoms with Gasteiger partial charge >= 0.3 is 0 Å². The van der Waals surface area contributed by atoms with Crippen LogP contribution in [0.2, 0.25) is 0 Å². The summed E-state index contributed by atoms with van der Waals surface area (Å²) in [7, 11) is 0. The molecule has 18 heavy (non-hydrogen) atoms. The number of rotatable bonds is 8. The van der Waals surface area contributed by atoms with Gasteiger partial charge in [-0.25, -0.2) is 0 Å². The van der Waals surface area contributed by atoms with Crippen molar-refractivity contribution in [2.75, 3.05) is 0 Å². The van der Waals surface area contributed by atoms with Gasteiger partial charge in [0.15, 0.2) is 0 Å². The van der Waals surface area contributed by atoms with Crippen LogP contribution >= 0.6 is 0 Å². The molecule has 0 aliphatic carbocycles. The van der Waals surface area contributed by atoms with Crippen molar-refractivity contribution in [2.45, 2.75) is 65.2 Å². The summed E-state index contributed by atoms with van der Waals surface area (Å²) in [5, 5.41) is 0. The standard InChI is InChI=1S/C16H26.H4N2/c1-3-5-7-10-15-12-9-13-16(14-15)11-8-6-4-2;1-2/h9,12-14H,3-8,10-11H2,1-2H3;1-2H2. The molecule has 2 heteroatoms. The van der Waals surface area contributed by atoms with Crippen LogP contribution in [-0.4, -0.2) is 0 Å². The van der Waals surface area contributed by atoms with Crippen LogP contribution in [0, 0.1) is 0 Å². The fraction of sp³-hybridized carbons (Fsp3) is 0.625. The third-order valence-electron chi connectivity index (χ3n) is 3.13. The molecule has 0 radical (unpaired) electrons. The Morgan fingerprint density at radius 3 is 1.61 bits per heavy atom. The zero-order chi connectivity index (χ0) is 13.6. The Morgan fingerprint density at radius 1 is 0.778 bits per heavy atom. The van der Waals surface area contributed by atoms with Crippen molar-refractivity contribution in [2.24, 2.45) is 11.7 Å². The molecule has 1 aromatic carbocycles. The largest absolute Gasteiger partial charge is 0.274 e. The molecule has 0 saturated carbocycles. The summed E-state index contributed by atoms with van der Waals surface area (Å²) >= 11 is 0. The minimum absolute atomic E-state index is 1.26. The van der Waals surface area contributed by atoms with Crippen molar-refractivity contribution in [1.82, 2.24) is 0 Å². The summed E-state index contributed by atoms with van der Waals surface area (Å²) in [6.07, 6.45) is 10.6. The number of hydrogen-bond acceptors (Lipinski definition) is 2. The highest BCUT2D eigenvalue weighted by Crippen LogP contribution is 2.12. The van der Waals surface area contributed by atoms with Crippen molar-refractivity contribution in [3.63, 3.8) is 0 Å². The summed E-state index contributed by atoms with van der Waals surface area (Å²) in [6, 6.07) is 9.19. The highest BCUT2D eigenvalue weighted by Gasteiger charge is 1.96. The number of benzene rings is 1. The Bertz CT molecular complexity index is 259. The Hall–Kier alpha value is -0.860. The van der Waals surface area contributed by atoms with Crippen LogP contribution in [0.1, 0.15) is 63.5 Å². The van der Waals surface area contributed by atoms with Crippen LogP contribution in [0.15, 0.2) is 24.3 Å². The van der Waals surface area contributed by atoms with E-state index < -0.39 is 0 Å². The van der Waals surface area contributed by atoms with Crippen molar-refractivity contribution >= 4 is 0 Å². The number of aryl methyl sites for hydroxylation is 2. The molecule has 0 aliphatic rings. The topological polar surface area (TPSA) is 52.0 Å². The Balaban J connectivity index is 0.00000137. The predicted molar refractivity (Wildman–Crippen MR) is 81.3 cm³/mol. The van der Waals surface area contributed by atoms with E-state index in [0.717, 1.165) is 0 Å². The number of nitrogens with two attached hydrogens (primary N) is 2. The van der Waals surface area contributed by atoms with Crippen LogP contribution in [0.4, 0.5) is 0 Å². The molecule has 0 unspecified atom stereocenters. The van der Waals surface area contributed by atoms with Crippen LogP contribution in [0.25, 0.3) is 0 Å². The lowest BCUT2D eigenvalue weighted by atomic mass is 10.0. The van der Waals surface area contributed by atoms with Crippen LogP contribution in [0.3, 0.4) is 0 Å². The molecule has 0 fully saturated rings. The lowest BCUT2D eigenvalue weighted by Gasteiger charge is -2.05. The molecular formula is C16H30N2. The van der Waals surface area contributed by atoms with Crippen LogP contribution in [0.5, 0.6) is 0 Å². The second kappa shape index (κ2) is 12.6. The van der Waals surface area contributed by atoms with E-state index in [1.165, 1.54) is 62.5 Å². The van der Waals surface area contributed by atoms with Crippen molar-refractivity contribution in [3.8, 4) is 0 Å². The molecule has 104 valence electrons. The van der Waals surface area contributed by atoms with Crippen LogP contribution < -0.4 is 11.7 Å². The SMILES string of the molecule is CCCCCc1cccc(CCCCC)c1.NN. The monoisotopic (exact) mass is 250 g/mol. The second-order valence-electron chi connectivity index (χ2n) is 4.73. The minimum Gasteiger partial charge on any atom is -0.274 e. The van der Waals surface area contributed by atoms with E-state index in [2.05, 4.69) is 49.8 Å². The highest BCUT2D eigenvalue weighted by molar-refractivity contribution is 5.23. The lowest BCUT2D eigenvalue weighted by Crippen LogP contribution is -2.02. The van der Waals surface area contributed by atoms with E-state index in [0.29, 0.717) is 0 Å². The third kappa shape index (κ3) is 8.26. The Kier molecular flexibility index (Phi) is 12.0. The summed E-state index contributed by atoms with van der Waals surface area (Å²) in [5.74, 6) is 8.00.